The molecule has 178 valence electrons. The van der Waals surface area contributed by atoms with Gasteiger partial charge in [0, 0.05) is 17.2 Å². The van der Waals surface area contributed by atoms with E-state index in [9.17, 15) is 14.7 Å². The van der Waals surface area contributed by atoms with Gasteiger partial charge in [0.05, 0.1) is 5.97 Å². The second-order valence-corrected chi connectivity index (χ2v) is 10.8. The number of rotatable bonds is 6. The molecule has 0 aromatic heterocycles. The third-order valence-corrected chi connectivity index (χ3v) is 8.23. The van der Waals surface area contributed by atoms with Crippen molar-refractivity contribution in [3.63, 3.8) is 0 Å². The standard InChI is InChI=1S/C29H39NO3/c1-18-4-9-21(10-5-18)11-12-22-13-17-24(28(31)30-23-14-6-19(2)7-15-23)26-20(3)8-16-25(27(22)26)29(32)33/h8,13,16-19,21,23H,4-7,9-12,14-15H2,1-3H3,(H,30,31)(H,32,33)/p-1. The summed E-state index contributed by atoms with van der Waals surface area (Å²) in [7, 11) is 0. The van der Waals surface area contributed by atoms with E-state index in [4.69, 9.17) is 0 Å². The number of carbonyl (C=O) groups excluding carboxylic acids is 2. The van der Waals surface area contributed by atoms with Crippen LogP contribution in [0, 0.1) is 24.7 Å². The van der Waals surface area contributed by atoms with Crippen LogP contribution in [0.4, 0.5) is 0 Å². The van der Waals surface area contributed by atoms with E-state index in [0.717, 1.165) is 66.9 Å². The SMILES string of the molecule is Cc1ccc(C(=O)[O-])c2c(CCC3CCC(C)CC3)ccc(C(=O)NC3CCC(C)CC3)c12. The molecular formula is C29H38NO3-. The Kier molecular flexibility index (Phi) is 7.41. The van der Waals surface area contributed by atoms with Crippen LogP contribution in [-0.2, 0) is 6.42 Å². The summed E-state index contributed by atoms with van der Waals surface area (Å²) in [6.45, 7) is 6.56. The van der Waals surface area contributed by atoms with Crippen LogP contribution in [-0.4, -0.2) is 17.9 Å². The smallest absolute Gasteiger partial charge is 0.252 e. The van der Waals surface area contributed by atoms with Crippen molar-refractivity contribution in [3.8, 4) is 0 Å². The molecule has 2 saturated carbocycles. The Morgan fingerprint density at radius 2 is 1.45 bits per heavy atom. The maximum atomic E-state index is 13.3. The van der Waals surface area contributed by atoms with Crippen molar-refractivity contribution < 1.29 is 14.7 Å². The molecule has 2 fully saturated rings. The van der Waals surface area contributed by atoms with E-state index in [1.807, 2.05) is 19.1 Å². The number of aryl methyl sites for hydroxylation is 2. The fourth-order valence-electron chi connectivity index (χ4n) is 5.95. The van der Waals surface area contributed by atoms with Gasteiger partial charge in [-0.25, -0.2) is 0 Å². The number of nitrogens with one attached hydrogen (secondary N) is 1. The van der Waals surface area contributed by atoms with Gasteiger partial charge in [0.2, 0.25) is 0 Å². The summed E-state index contributed by atoms with van der Waals surface area (Å²) in [5, 5.41) is 16.7. The number of carboxylic acids is 1. The van der Waals surface area contributed by atoms with Crippen LogP contribution in [0.15, 0.2) is 24.3 Å². The van der Waals surface area contributed by atoms with Crippen molar-refractivity contribution in [2.75, 3.05) is 0 Å². The number of hydrogen-bond acceptors (Lipinski definition) is 3. The first-order valence-electron chi connectivity index (χ1n) is 12.9. The molecule has 0 spiro atoms. The summed E-state index contributed by atoms with van der Waals surface area (Å²) in [5.74, 6) is 0.972. The van der Waals surface area contributed by atoms with E-state index < -0.39 is 5.97 Å². The molecule has 0 heterocycles. The van der Waals surface area contributed by atoms with Crippen molar-refractivity contribution in [2.24, 2.45) is 17.8 Å². The van der Waals surface area contributed by atoms with Gasteiger partial charge in [-0.15, -0.1) is 0 Å². The van der Waals surface area contributed by atoms with Gasteiger partial charge in [0.15, 0.2) is 0 Å². The number of aromatic carboxylic acids is 1. The van der Waals surface area contributed by atoms with Gasteiger partial charge in [-0.3, -0.25) is 4.79 Å². The number of fused-ring (bicyclic) bond motifs is 1. The van der Waals surface area contributed by atoms with E-state index in [0.29, 0.717) is 16.9 Å². The average molecular weight is 449 g/mol. The van der Waals surface area contributed by atoms with Crippen molar-refractivity contribution in [1.82, 2.24) is 5.32 Å². The lowest BCUT2D eigenvalue weighted by Crippen LogP contribution is -2.37. The van der Waals surface area contributed by atoms with Crippen molar-refractivity contribution >= 4 is 22.6 Å². The molecule has 2 aliphatic rings. The molecule has 2 aromatic rings. The monoisotopic (exact) mass is 448 g/mol. The van der Waals surface area contributed by atoms with Crippen molar-refractivity contribution in [2.45, 2.75) is 91.0 Å². The first kappa shape index (κ1) is 23.8. The third kappa shape index (κ3) is 5.42. The number of carbonyl (C=O) groups is 2. The topological polar surface area (TPSA) is 69.2 Å². The zero-order valence-corrected chi connectivity index (χ0v) is 20.4. The molecule has 2 aliphatic carbocycles. The fourth-order valence-corrected chi connectivity index (χ4v) is 5.95. The molecule has 0 atom stereocenters. The Morgan fingerprint density at radius 3 is 2.09 bits per heavy atom. The lowest BCUT2D eigenvalue weighted by Gasteiger charge is -2.28. The van der Waals surface area contributed by atoms with E-state index in [2.05, 4.69) is 19.2 Å². The molecule has 1 amide bonds. The minimum Gasteiger partial charge on any atom is -0.545 e. The lowest BCUT2D eigenvalue weighted by molar-refractivity contribution is -0.254. The molecule has 0 aliphatic heterocycles. The van der Waals surface area contributed by atoms with Gasteiger partial charge in [0.1, 0.15) is 0 Å². The predicted molar refractivity (Wildman–Crippen MR) is 131 cm³/mol. The zero-order valence-electron chi connectivity index (χ0n) is 20.4. The molecule has 0 bridgehead atoms. The number of hydrogen-bond donors (Lipinski definition) is 1. The fraction of sp³-hybridized carbons (Fsp3) is 0.586. The van der Waals surface area contributed by atoms with Crippen molar-refractivity contribution in [3.05, 3.63) is 46.5 Å². The van der Waals surface area contributed by atoms with Gasteiger partial charge in [-0.05, 0) is 91.2 Å². The van der Waals surface area contributed by atoms with Crippen LogP contribution in [0.25, 0.3) is 10.8 Å². The second kappa shape index (κ2) is 10.3. The molecule has 4 nitrogen and oxygen atoms in total. The molecule has 0 radical (unpaired) electrons. The van der Waals surface area contributed by atoms with Gasteiger partial charge in [0.25, 0.3) is 5.91 Å². The number of carboxylic acid groups (broad SMARTS) is 1. The maximum Gasteiger partial charge on any atom is 0.252 e. The zero-order chi connectivity index (χ0) is 23.5. The Hall–Kier alpha value is -2.36. The number of benzene rings is 2. The highest BCUT2D eigenvalue weighted by atomic mass is 16.4. The minimum atomic E-state index is -1.17. The molecule has 0 unspecified atom stereocenters. The molecule has 4 heteroatoms. The largest absolute Gasteiger partial charge is 0.545 e. The highest BCUT2D eigenvalue weighted by Crippen LogP contribution is 2.34. The Bertz CT molecular complexity index is 1010. The molecular weight excluding hydrogens is 410 g/mol. The van der Waals surface area contributed by atoms with E-state index >= 15 is 0 Å². The summed E-state index contributed by atoms with van der Waals surface area (Å²) in [5.41, 5.74) is 2.74. The lowest BCUT2D eigenvalue weighted by atomic mass is 9.79. The molecule has 4 rings (SSSR count). The average Bonchev–Trinajstić information content (AvgIpc) is 2.80. The highest BCUT2D eigenvalue weighted by Gasteiger charge is 2.24. The van der Waals surface area contributed by atoms with E-state index in [-0.39, 0.29) is 17.5 Å². The Morgan fingerprint density at radius 1 is 0.848 bits per heavy atom. The quantitative estimate of drug-likeness (QED) is 0.627. The predicted octanol–water partition coefficient (Wildman–Crippen LogP) is 5.58. The van der Waals surface area contributed by atoms with Crippen LogP contribution in [0.3, 0.4) is 0 Å². The van der Waals surface area contributed by atoms with Crippen LogP contribution in [0.5, 0.6) is 0 Å². The van der Waals surface area contributed by atoms with E-state index in [1.54, 1.807) is 12.1 Å². The third-order valence-electron chi connectivity index (χ3n) is 8.23. The van der Waals surface area contributed by atoms with Crippen LogP contribution in [0.2, 0.25) is 0 Å². The van der Waals surface area contributed by atoms with Gasteiger partial charge in [-0.2, -0.15) is 0 Å². The second-order valence-electron chi connectivity index (χ2n) is 10.8. The van der Waals surface area contributed by atoms with Crippen LogP contribution >= 0.6 is 0 Å². The van der Waals surface area contributed by atoms with Gasteiger partial charge in [-0.1, -0.05) is 57.7 Å². The maximum absolute atomic E-state index is 13.3. The Labute approximate surface area is 198 Å². The summed E-state index contributed by atoms with van der Waals surface area (Å²) in [6.07, 6.45) is 11.3. The van der Waals surface area contributed by atoms with Crippen LogP contribution < -0.4 is 10.4 Å². The minimum absolute atomic E-state index is 0.0917. The molecule has 33 heavy (non-hydrogen) atoms. The van der Waals surface area contributed by atoms with Crippen LogP contribution in [0.1, 0.15) is 103 Å². The first-order chi connectivity index (χ1) is 15.8. The first-order valence-corrected chi connectivity index (χ1v) is 12.9. The van der Waals surface area contributed by atoms with Gasteiger partial charge >= 0.3 is 0 Å². The summed E-state index contributed by atoms with van der Waals surface area (Å²) in [6, 6.07) is 7.54. The number of amides is 1. The summed E-state index contributed by atoms with van der Waals surface area (Å²) in [4.78, 5) is 25.4. The normalized spacial score (nSPS) is 25.7. The highest BCUT2D eigenvalue weighted by molar-refractivity contribution is 6.14. The summed E-state index contributed by atoms with van der Waals surface area (Å²) < 4.78 is 0. The van der Waals surface area contributed by atoms with E-state index in [1.165, 1.54) is 25.7 Å². The molecule has 0 saturated heterocycles. The van der Waals surface area contributed by atoms with Gasteiger partial charge < -0.3 is 15.2 Å². The molecule has 1 N–H and O–H groups in total. The summed E-state index contributed by atoms with van der Waals surface area (Å²) >= 11 is 0. The molecule has 2 aromatic carbocycles. The Balaban J connectivity index is 1.64. The van der Waals surface area contributed by atoms with Crippen molar-refractivity contribution in [1.29, 1.82) is 0 Å².